The van der Waals surface area contributed by atoms with E-state index in [1.54, 1.807) is 0 Å². The van der Waals surface area contributed by atoms with Crippen molar-refractivity contribution in [2.75, 3.05) is 40.1 Å². The molecule has 3 fully saturated rings. The number of methoxy groups -OCH3 is 1. The maximum Gasteiger partial charge on any atom is 0.422 e. The van der Waals surface area contributed by atoms with Crippen LogP contribution in [0.5, 0.6) is 0 Å². The summed E-state index contributed by atoms with van der Waals surface area (Å²) in [7, 11) is 1.29. The van der Waals surface area contributed by atoms with Crippen molar-refractivity contribution in [3.05, 3.63) is 70.8 Å². The summed E-state index contributed by atoms with van der Waals surface area (Å²) >= 11 is 0. The van der Waals surface area contributed by atoms with Gasteiger partial charge in [-0.25, -0.2) is 19.3 Å². The molecule has 1 amide bonds. The fourth-order valence-electron chi connectivity index (χ4n) is 5.76. The highest BCUT2D eigenvalue weighted by Gasteiger charge is 2.75. The first-order valence-corrected chi connectivity index (χ1v) is 13.8. The molecule has 10 nitrogen and oxygen atoms in total. The maximum absolute atomic E-state index is 13.4. The average molecular weight is 647 g/mol. The Hall–Kier alpha value is -3.89. The summed E-state index contributed by atoms with van der Waals surface area (Å²) in [4.78, 5) is 39.5. The first-order chi connectivity index (χ1) is 21.2. The van der Waals surface area contributed by atoms with Gasteiger partial charge in [-0.3, -0.25) is 0 Å². The van der Waals surface area contributed by atoms with Crippen LogP contribution in [0.2, 0.25) is 0 Å². The van der Waals surface area contributed by atoms with Crippen LogP contribution in [0.4, 0.5) is 31.1 Å². The predicted molar refractivity (Wildman–Crippen MR) is 139 cm³/mol. The van der Waals surface area contributed by atoms with E-state index in [0.29, 0.717) is 26.1 Å². The van der Waals surface area contributed by atoms with Crippen molar-refractivity contribution in [1.82, 2.24) is 9.80 Å². The van der Waals surface area contributed by atoms with Gasteiger partial charge in [-0.05, 0) is 41.8 Å². The van der Waals surface area contributed by atoms with Crippen molar-refractivity contribution in [2.24, 2.45) is 0 Å². The van der Waals surface area contributed by atoms with Gasteiger partial charge >= 0.3 is 36.3 Å². The van der Waals surface area contributed by atoms with Crippen molar-refractivity contribution >= 4 is 18.0 Å². The number of alkyl halides is 6. The fraction of sp³-hybridized carbons (Fsp3) is 0.483. The Labute approximate surface area is 252 Å². The van der Waals surface area contributed by atoms with Crippen LogP contribution in [0.25, 0.3) is 0 Å². The van der Waals surface area contributed by atoms with Gasteiger partial charge in [-0.15, -0.1) is 0 Å². The molecule has 0 unspecified atom stereocenters. The molecule has 2 aromatic carbocycles. The van der Waals surface area contributed by atoms with Crippen molar-refractivity contribution in [3.8, 4) is 0 Å². The number of carbonyl (C=O) groups excluding carboxylic acids is 3. The average Bonchev–Trinajstić information content (AvgIpc) is 3.40. The van der Waals surface area contributed by atoms with Gasteiger partial charge in [0.15, 0.2) is 0 Å². The Morgan fingerprint density at radius 2 is 1.38 bits per heavy atom. The number of rotatable bonds is 9. The molecular weight excluding hydrogens is 618 g/mol. The Kier molecular flexibility index (Phi) is 8.76. The lowest BCUT2D eigenvalue weighted by Crippen LogP contribution is -2.63. The third kappa shape index (κ3) is 6.31. The van der Waals surface area contributed by atoms with E-state index < -0.39 is 59.1 Å². The zero-order valence-corrected chi connectivity index (χ0v) is 23.8. The maximum atomic E-state index is 13.4. The monoisotopic (exact) mass is 646 g/mol. The molecule has 5 rings (SSSR count). The van der Waals surface area contributed by atoms with Gasteiger partial charge in [0, 0.05) is 46.2 Å². The minimum Gasteiger partial charge on any atom is -0.432 e. The Morgan fingerprint density at radius 3 is 1.87 bits per heavy atom. The molecule has 3 aliphatic heterocycles. The molecule has 3 aliphatic rings. The molecule has 0 aromatic heterocycles. The molecule has 45 heavy (non-hydrogen) atoms. The van der Waals surface area contributed by atoms with Crippen LogP contribution in [-0.2, 0) is 45.6 Å². The van der Waals surface area contributed by atoms with Gasteiger partial charge in [0.1, 0.15) is 12.8 Å². The van der Waals surface area contributed by atoms with Crippen LogP contribution in [0.3, 0.4) is 0 Å². The highest BCUT2D eigenvalue weighted by atomic mass is 19.4. The molecule has 2 spiro atoms. The number of halogens is 6. The molecule has 0 aliphatic carbocycles. The normalized spacial score (nSPS) is 19.8. The number of hydrogen-bond acceptors (Lipinski definition) is 9. The zero-order chi connectivity index (χ0) is 32.6. The minimum atomic E-state index is -4.66. The molecule has 0 atom stereocenters. The Balaban J connectivity index is 1.25. The second-order valence-corrected chi connectivity index (χ2v) is 10.8. The molecule has 2 aromatic rings. The Bertz CT molecular complexity index is 1370. The molecule has 3 heterocycles. The highest BCUT2D eigenvalue weighted by Crippen LogP contribution is 2.50. The van der Waals surface area contributed by atoms with E-state index in [9.17, 15) is 40.7 Å². The summed E-state index contributed by atoms with van der Waals surface area (Å²) in [6, 6.07) is 8.48. The fourth-order valence-corrected chi connectivity index (χ4v) is 5.76. The topological polar surface area (TPSA) is 104 Å². The number of carbonyl (C=O) groups is 3. The van der Waals surface area contributed by atoms with Crippen LogP contribution in [0.15, 0.2) is 48.5 Å². The smallest absolute Gasteiger partial charge is 0.422 e. The summed E-state index contributed by atoms with van der Waals surface area (Å²) < 4.78 is 108. The van der Waals surface area contributed by atoms with Crippen LogP contribution >= 0.6 is 0 Å². The van der Waals surface area contributed by atoms with E-state index in [0.717, 1.165) is 29.2 Å². The van der Waals surface area contributed by atoms with Crippen LogP contribution < -0.4 is 0 Å². The number of ether oxygens (including phenoxy) is 5. The van der Waals surface area contributed by atoms with Crippen LogP contribution in [0.1, 0.15) is 47.6 Å². The third-order valence-corrected chi connectivity index (χ3v) is 7.92. The number of piperidine rings is 1. The van der Waals surface area contributed by atoms with Gasteiger partial charge in [-0.2, -0.15) is 26.3 Å². The van der Waals surface area contributed by atoms with E-state index in [2.05, 4.69) is 0 Å². The van der Waals surface area contributed by atoms with E-state index >= 15 is 0 Å². The molecule has 0 bridgehead atoms. The van der Waals surface area contributed by atoms with Gasteiger partial charge in [0.2, 0.25) is 5.60 Å². The second kappa shape index (κ2) is 12.1. The lowest BCUT2D eigenvalue weighted by atomic mass is 9.87. The van der Waals surface area contributed by atoms with Gasteiger partial charge in [0.05, 0.1) is 11.1 Å². The van der Waals surface area contributed by atoms with E-state index in [1.165, 1.54) is 31.4 Å². The molecular formula is C29H28F6N2O8. The SMILES string of the molecule is COCN1C(=O)OC2(CCN(CCCOC(c3cccc(C(F)(F)F)c3)c3cccc(C(F)(F)F)c3)CC2)C12OC(=O)C(=O)O2. The third-order valence-electron chi connectivity index (χ3n) is 7.92. The summed E-state index contributed by atoms with van der Waals surface area (Å²) in [5.41, 5.74) is -3.33. The number of amides is 1. The molecule has 16 heteroatoms. The zero-order valence-electron chi connectivity index (χ0n) is 23.8. The largest absolute Gasteiger partial charge is 0.432 e. The molecule has 0 N–H and O–H groups in total. The van der Waals surface area contributed by atoms with Crippen molar-refractivity contribution in [3.63, 3.8) is 0 Å². The number of hydrogen-bond donors (Lipinski definition) is 0. The first-order valence-electron chi connectivity index (χ1n) is 13.8. The predicted octanol–water partition coefficient (Wildman–Crippen LogP) is 4.86. The van der Waals surface area contributed by atoms with E-state index in [4.69, 9.17) is 23.7 Å². The second-order valence-electron chi connectivity index (χ2n) is 10.8. The van der Waals surface area contributed by atoms with E-state index in [1.807, 2.05) is 4.90 Å². The first kappa shape index (κ1) is 32.5. The quantitative estimate of drug-likeness (QED) is 0.164. The number of esters is 2. The highest BCUT2D eigenvalue weighted by molar-refractivity contribution is 6.31. The molecule has 3 saturated heterocycles. The lowest BCUT2D eigenvalue weighted by molar-refractivity contribution is -0.294. The van der Waals surface area contributed by atoms with Gasteiger partial charge in [-0.1, -0.05) is 24.3 Å². The standard InChI is InChI=1S/C29H28F6N2O8/c1-41-17-37-25(40)45-26(29(37)43-23(38)24(39)44-29)9-12-36(13-10-26)11-4-14-42-22(18-5-2-7-20(15-18)27(30,31)32)19-6-3-8-21(16-19)28(33,34)35/h2-3,5-8,15-16,22H,4,9-14,17H2,1H3. The number of benzene rings is 2. The molecule has 244 valence electrons. The number of nitrogens with zero attached hydrogens (tertiary/aromatic N) is 2. The van der Waals surface area contributed by atoms with Crippen molar-refractivity contribution in [1.29, 1.82) is 0 Å². The summed E-state index contributed by atoms with van der Waals surface area (Å²) in [5, 5.41) is 0. The summed E-state index contributed by atoms with van der Waals surface area (Å²) in [6.07, 6.45) is -10.9. The lowest BCUT2D eigenvalue weighted by Gasteiger charge is -2.43. The molecule has 0 radical (unpaired) electrons. The number of fused-ring (bicyclic) bond motifs is 1. The van der Waals surface area contributed by atoms with Crippen molar-refractivity contribution in [2.45, 2.75) is 49.2 Å². The Morgan fingerprint density at radius 1 is 0.844 bits per heavy atom. The summed E-state index contributed by atoms with van der Waals surface area (Å²) in [5.74, 6) is -4.67. The van der Waals surface area contributed by atoms with Crippen molar-refractivity contribution < 1.29 is 64.4 Å². The van der Waals surface area contributed by atoms with Crippen LogP contribution in [-0.4, -0.2) is 79.4 Å². The van der Waals surface area contributed by atoms with Gasteiger partial charge < -0.3 is 28.6 Å². The van der Waals surface area contributed by atoms with Crippen LogP contribution in [0, 0.1) is 0 Å². The number of likely N-dealkylation sites (tertiary alicyclic amines) is 1. The van der Waals surface area contributed by atoms with Gasteiger partial charge in [0.25, 0.3) is 0 Å². The molecule has 0 saturated carbocycles. The summed E-state index contributed by atoms with van der Waals surface area (Å²) in [6.45, 7) is 0.608. The van der Waals surface area contributed by atoms with E-state index in [-0.39, 0.29) is 37.3 Å². The minimum absolute atomic E-state index is 0.0193.